The van der Waals surface area contributed by atoms with Crippen LogP contribution in [0.2, 0.25) is 0 Å². The molecule has 0 saturated carbocycles. The molecule has 0 bridgehead atoms. The average molecular weight is 165 g/mol. The van der Waals surface area contributed by atoms with Gasteiger partial charge in [-0.3, -0.25) is 4.79 Å². The van der Waals surface area contributed by atoms with Gasteiger partial charge >= 0.3 is 0 Å². The Hall–Kier alpha value is -1.45. The number of carbonyl (C=O) groups excluding carboxylic acids is 1. The molecule has 1 rings (SSSR count). The number of anilines is 1. The summed E-state index contributed by atoms with van der Waals surface area (Å²) in [7, 11) is 1.71. The van der Waals surface area contributed by atoms with Crippen LogP contribution in [0.15, 0.2) is 6.07 Å². The Kier molecular flexibility index (Phi) is 2.38. The summed E-state index contributed by atoms with van der Waals surface area (Å²) >= 11 is 0. The fraction of sp³-hybridized carbons (Fsp3) is 0.375. The highest BCUT2D eigenvalue weighted by Gasteiger charge is 2.07. The number of Topliss-reactive ketones (excluding diaryl/α,β-unsaturated/α-hetero) is 1. The van der Waals surface area contributed by atoms with Gasteiger partial charge in [0.1, 0.15) is 0 Å². The number of ketones is 1. The molecule has 0 fully saturated rings. The molecule has 1 aromatic rings. The van der Waals surface area contributed by atoms with Crippen LogP contribution in [0.4, 0.5) is 5.82 Å². The van der Waals surface area contributed by atoms with E-state index >= 15 is 0 Å². The maximum absolute atomic E-state index is 11.1. The molecule has 1 aromatic heterocycles. The molecule has 0 aromatic carbocycles. The number of aryl methyl sites for hydroxylation is 1. The van der Waals surface area contributed by atoms with Crippen LogP contribution >= 0.6 is 0 Å². The lowest BCUT2D eigenvalue weighted by Gasteiger charge is -2.03. The second-order valence-corrected chi connectivity index (χ2v) is 2.55. The highest BCUT2D eigenvalue weighted by Crippen LogP contribution is 2.11. The third-order valence-corrected chi connectivity index (χ3v) is 1.53. The van der Waals surface area contributed by atoms with E-state index in [4.69, 9.17) is 0 Å². The van der Waals surface area contributed by atoms with E-state index in [1.165, 1.54) is 6.92 Å². The van der Waals surface area contributed by atoms with E-state index in [2.05, 4.69) is 15.5 Å². The topological polar surface area (TPSA) is 54.9 Å². The minimum Gasteiger partial charge on any atom is -0.371 e. The van der Waals surface area contributed by atoms with Gasteiger partial charge in [-0.2, -0.15) is 5.10 Å². The molecule has 0 unspecified atom stereocenters. The highest BCUT2D eigenvalue weighted by atomic mass is 16.1. The molecular formula is C8H11N3O. The molecule has 0 saturated heterocycles. The zero-order valence-corrected chi connectivity index (χ0v) is 7.38. The quantitative estimate of drug-likeness (QED) is 0.665. The van der Waals surface area contributed by atoms with E-state index in [-0.39, 0.29) is 5.78 Å². The van der Waals surface area contributed by atoms with Crippen molar-refractivity contribution in [3.8, 4) is 0 Å². The normalized spacial score (nSPS) is 9.58. The number of hydrogen-bond acceptors (Lipinski definition) is 4. The molecule has 1 N–H and O–H groups in total. The molecule has 0 aliphatic rings. The van der Waals surface area contributed by atoms with E-state index in [1.54, 1.807) is 20.0 Å². The smallest absolute Gasteiger partial charge is 0.163 e. The van der Waals surface area contributed by atoms with E-state index in [9.17, 15) is 4.79 Å². The maximum atomic E-state index is 11.1. The van der Waals surface area contributed by atoms with Crippen molar-refractivity contribution < 1.29 is 4.79 Å². The van der Waals surface area contributed by atoms with Crippen molar-refractivity contribution in [1.82, 2.24) is 10.2 Å². The Bertz CT molecular complexity index is 309. The molecule has 0 atom stereocenters. The Labute approximate surface area is 71.0 Å². The zero-order chi connectivity index (χ0) is 9.14. The number of aromatic nitrogens is 2. The van der Waals surface area contributed by atoms with Gasteiger partial charge in [0.25, 0.3) is 0 Å². The van der Waals surface area contributed by atoms with E-state index in [0.717, 1.165) is 5.69 Å². The summed E-state index contributed by atoms with van der Waals surface area (Å²) in [6.45, 7) is 3.32. The summed E-state index contributed by atoms with van der Waals surface area (Å²) in [5.41, 5.74) is 1.34. The van der Waals surface area contributed by atoms with E-state index in [1.807, 2.05) is 0 Å². The monoisotopic (exact) mass is 165 g/mol. The van der Waals surface area contributed by atoms with Crippen LogP contribution in [0.3, 0.4) is 0 Å². The van der Waals surface area contributed by atoms with Gasteiger partial charge in [0.05, 0.1) is 11.3 Å². The van der Waals surface area contributed by atoms with Gasteiger partial charge < -0.3 is 5.32 Å². The van der Waals surface area contributed by atoms with E-state index < -0.39 is 0 Å². The maximum Gasteiger partial charge on any atom is 0.163 e. The Morgan fingerprint density at radius 3 is 2.67 bits per heavy atom. The largest absolute Gasteiger partial charge is 0.371 e. The number of hydrogen-bond donors (Lipinski definition) is 1. The molecule has 0 aliphatic heterocycles. The van der Waals surface area contributed by atoms with Crippen LogP contribution in [0.1, 0.15) is 23.0 Å². The van der Waals surface area contributed by atoms with Crippen molar-refractivity contribution in [1.29, 1.82) is 0 Å². The summed E-state index contributed by atoms with van der Waals surface area (Å²) in [5.74, 6) is 0.533. The predicted octanol–water partition coefficient (Wildman–Crippen LogP) is 1.03. The minimum atomic E-state index is -0.00245. The van der Waals surface area contributed by atoms with Crippen molar-refractivity contribution in [3.63, 3.8) is 0 Å². The lowest BCUT2D eigenvalue weighted by atomic mass is 10.2. The molecule has 1 heterocycles. The Balaban J connectivity index is 3.21. The Morgan fingerprint density at radius 1 is 1.50 bits per heavy atom. The van der Waals surface area contributed by atoms with Gasteiger partial charge in [-0.25, -0.2) is 0 Å². The highest BCUT2D eigenvalue weighted by molar-refractivity contribution is 5.98. The van der Waals surface area contributed by atoms with Crippen LogP contribution in [0, 0.1) is 6.92 Å². The first-order valence-corrected chi connectivity index (χ1v) is 3.68. The first-order valence-electron chi connectivity index (χ1n) is 3.68. The van der Waals surface area contributed by atoms with Gasteiger partial charge in [-0.05, 0) is 19.9 Å². The van der Waals surface area contributed by atoms with Crippen LogP contribution in [0.25, 0.3) is 0 Å². The van der Waals surface area contributed by atoms with Gasteiger partial charge in [0, 0.05) is 7.05 Å². The molecule has 0 radical (unpaired) electrons. The third kappa shape index (κ3) is 1.58. The summed E-state index contributed by atoms with van der Waals surface area (Å²) in [6, 6.07) is 1.72. The minimum absolute atomic E-state index is 0.00245. The van der Waals surface area contributed by atoms with Gasteiger partial charge in [-0.15, -0.1) is 5.10 Å². The first-order chi connectivity index (χ1) is 5.65. The predicted molar refractivity (Wildman–Crippen MR) is 46.3 cm³/mol. The molecule has 4 nitrogen and oxygen atoms in total. The second kappa shape index (κ2) is 3.30. The third-order valence-electron chi connectivity index (χ3n) is 1.53. The number of carbonyl (C=O) groups is 1. The average Bonchev–Trinajstić information content (AvgIpc) is 2.04. The molecular weight excluding hydrogens is 154 g/mol. The number of nitrogens with one attached hydrogen (secondary N) is 1. The standard InChI is InChI=1S/C8H11N3O/c1-5-4-7(6(2)12)8(9-3)11-10-5/h4H,1-3H3,(H,9,11). The molecule has 64 valence electrons. The van der Waals surface area contributed by atoms with Crippen molar-refractivity contribution >= 4 is 11.6 Å². The fourth-order valence-corrected chi connectivity index (χ4v) is 0.942. The van der Waals surface area contributed by atoms with Crippen molar-refractivity contribution in [2.24, 2.45) is 0 Å². The molecule has 4 heteroatoms. The number of rotatable bonds is 2. The summed E-state index contributed by atoms with van der Waals surface area (Å²) in [6.07, 6.45) is 0. The second-order valence-electron chi connectivity index (χ2n) is 2.55. The molecule has 12 heavy (non-hydrogen) atoms. The van der Waals surface area contributed by atoms with Crippen molar-refractivity contribution in [3.05, 3.63) is 17.3 Å². The summed E-state index contributed by atoms with van der Waals surface area (Å²) < 4.78 is 0. The number of nitrogens with zero attached hydrogens (tertiary/aromatic N) is 2. The Morgan fingerprint density at radius 2 is 2.17 bits per heavy atom. The molecule has 0 aliphatic carbocycles. The van der Waals surface area contributed by atoms with Gasteiger partial charge in [-0.1, -0.05) is 0 Å². The summed E-state index contributed by atoms with van der Waals surface area (Å²) in [5, 5.41) is 10.5. The SMILES string of the molecule is CNc1nnc(C)cc1C(C)=O. The lowest BCUT2D eigenvalue weighted by Crippen LogP contribution is -2.05. The van der Waals surface area contributed by atoms with Crippen LogP contribution in [0.5, 0.6) is 0 Å². The lowest BCUT2D eigenvalue weighted by molar-refractivity contribution is 0.101. The fourth-order valence-electron chi connectivity index (χ4n) is 0.942. The summed E-state index contributed by atoms with van der Waals surface area (Å²) in [4.78, 5) is 11.1. The van der Waals surface area contributed by atoms with Crippen LogP contribution in [-0.4, -0.2) is 23.0 Å². The van der Waals surface area contributed by atoms with Gasteiger partial charge in [0.15, 0.2) is 11.6 Å². The molecule has 0 spiro atoms. The van der Waals surface area contributed by atoms with Crippen LogP contribution in [-0.2, 0) is 0 Å². The van der Waals surface area contributed by atoms with Crippen molar-refractivity contribution in [2.45, 2.75) is 13.8 Å². The van der Waals surface area contributed by atoms with Gasteiger partial charge in [0.2, 0.25) is 0 Å². The van der Waals surface area contributed by atoms with Crippen molar-refractivity contribution in [2.75, 3.05) is 12.4 Å². The molecule has 0 amide bonds. The zero-order valence-electron chi connectivity index (χ0n) is 7.38. The first kappa shape index (κ1) is 8.64. The van der Waals surface area contributed by atoms with E-state index in [0.29, 0.717) is 11.4 Å². The van der Waals surface area contributed by atoms with Crippen LogP contribution < -0.4 is 5.32 Å².